The van der Waals surface area contributed by atoms with Crippen molar-refractivity contribution in [3.63, 3.8) is 0 Å². The molecule has 4 nitrogen and oxygen atoms in total. The van der Waals surface area contributed by atoms with Gasteiger partial charge in [0.1, 0.15) is 5.01 Å². The number of aliphatic imine (C=N–C) groups is 1. The zero-order valence-electron chi connectivity index (χ0n) is 13.4. The fraction of sp³-hybridized carbons (Fsp3) is 0.375. The quantitative estimate of drug-likeness (QED) is 0.629. The standard InChI is InChI=1S/C16H19F3N4S/c1-3-20-15(22-11(2)12-7-5-4-6-8-12)21-9-14-23-13(10-24-14)16(17,18)19/h4-8,10-11H,3,9H2,1-2H3,(H2,20,21,22). The molecule has 2 N–H and O–H groups in total. The number of thiazole rings is 1. The molecule has 130 valence electrons. The molecule has 1 unspecified atom stereocenters. The van der Waals surface area contributed by atoms with Crippen LogP contribution in [0.1, 0.15) is 36.2 Å². The highest BCUT2D eigenvalue weighted by Crippen LogP contribution is 2.30. The van der Waals surface area contributed by atoms with Crippen LogP contribution in [0.25, 0.3) is 0 Å². The fourth-order valence-corrected chi connectivity index (χ4v) is 2.73. The molecule has 0 amide bonds. The Morgan fingerprint density at radius 3 is 2.58 bits per heavy atom. The first-order valence-electron chi connectivity index (χ1n) is 7.51. The van der Waals surface area contributed by atoms with Gasteiger partial charge in [-0.15, -0.1) is 11.3 Å². The number of alkyl halides is 3. The van der Waals surface area contributed by atoms with Crippen LogP contribution >= 0.6 is 11.3 Å². The minimum atomic E-state index is -4.41. The first-order chi connectivity index (χ1) is 11.4. The van der Waals surface area contributed by atoms with Crippen molar-refractivity contribution in [2.24, 2.45) is 4.99 Å². The number of hydrogen-bond acceptors (Lipinski definition) is 3. The second-order valence-electron chi connectivity index (χ2n) is 5.10. The Morgan fingerprint density at radius 1 is 1.29 bits per heavy atom. The van der Waals surface area contributed by atoms with Crippen LogP contribution in [0, 0.1) is 0 Å². The van der Waals surface area contributed by atoms with Crippen LogP contribution in [0.2, 0.25) is 0 Å². The lowest BCUT2D eigenvalue weighted by atomic mass is 10.1. The van der Waals surface area contributed by atoms with E-state index in [0.717, 1.165) is 22.3 Å². The van der Waals surface area contributed by atoms with Gasteiger partial charge in [-0.2, -0.15) is 13.2 Å². The van der Waals surface area contributed by atoms with Crippen LogP contribution < -0.4 is 10.6 Å². The first-order valence-corrected chi connectivity index (χ1v) is 8.39. The van der Waals surface area contributed by atoms with Gasteiger partial charge in [-0.3, -0.25) is 0 Å². The van der Waals surface area contributed by atoms with E-state index in [2.05, 4.69) is 20.6 Å². The van der Waals surface area contributed by atoms with E-state index in [1.54, 1.807) is 0 Å². The zero-order valence-corrected chi connectivity index (χ0v) is 14.2. The second kappa shape index (κ2) is 8.14. The number of benzene rings is 1. The number of rotatable bonds is 5. The molecule has 0 saturated heterocycles. The molecule has 8 heteroatoms. The van der Waals surface area contributed by atoms with Crippen molar-refractivity contribution in [3.8, 4) is 0 Å². The Hall–Kier alpha value is -2.09. The van der Waals surface area contributed by atoms with E-state index in [1.807, 2.05) is 44.2 Å². The summed E-state index contributed by atoms with van der Waals surface area (Å²) in [7, 11) is 0. The van der Waals surface area contributed by atoms with Crippen LogP contribution in [-0.4, -0.2) is 17.5 Å². The predicted molar refractivity (Wildman–Crippen MR) is 89.9 cm³/mol. The van der Waals surface area contributed by atoms with E-state index >= 15 is 0 Å². The molecule has 0 bridgehead atoms. The number of hydrogen-bond donors (Lipinski definition) is 2. The summed E-state index contributed by atoms with van der Waals surface area (Å²) in [5, 5.41) is 7.66. The van der Waals surface area contributed by atoms with Crippen molar-refractivity contribution in [1.82, 2.24) is 15.6 Å². The lowest BCUT2D eigenvalue weighted by Crippen LogP contribution is -2.38. The SMILES string of the molecule is CCNC(=NCc1nc(C(F)(F)F)cs1)NC(C)c1ccccc1. The Balaban J connectivity index is 2.04. The van der Waals surface area contributed by atoms with Crippen molar-refractivity contribution in [2.45, 2.75) is 32.6 Å². The minimum Gasteiger partial charge on any atom is -0.357 e. The van der Waals surface area contributed by atoms with Gasteiger partial charge in [0.15, 0.2) is 11.7 Å². The van der Waals surface area contributed by atoms with Crippen LogP contribution in [0.5, 0.6) is 0 Å². The number of halogens is 3. The van der Waals surface area contributed by atoms with E-state index in [0.29, 0.717) is 17.5 Å². The smallest absolute Gasteiger partial charge is 0.357 e. The van der Waals surface area contributed by atoms with E-state index < -0.39 is 11.9 Å². The van der Waals surface area contributed by atoms with Crippen LogP contribution in [0.4, 0.5) is 13.2 Å². The van der Waals surface area contributed by atoms with Gasteiger partial charge < -0.3 is 10.6 Å². The third kappa shape index (κ3) is 5.23. The molecule has 1 aromatic carbocycles. The van der Waals surface area contributed by atoms with Gasteiger partial charge in [-0.1, -0.05) is 30.3 Å². The third-order valence-corrected chi connectivity index (χ3v) is 4.05. The molecule has 0 spiro atoms. The summed E-state index contributed by atoms with van der Waals surface area (Å²) in [5.41, 5.74) is 0.227. The van der Waals surface area contributed by atoms with Crippen LogP contribution in [0.3, 0.4) is 0 Å². The predicted octanol–water partition coefficient (Wildman–Crippen LogP) is 3.98. The Labute approximate surface area is 142 Å². The van der Waals surface area contributed by atoms with Crippen molar-refractivity contribution < 1.29 is 13.2 Å². The number of guanidine groups is 1. The maximum absolute atomic E-state index is 12.6. The molecular weight excluding hydrogens is 337 g/mol. The van der Waals surface area contributed by atoms with Gasteiger partial charge >= 0.3 is 6.18 Å². The van der Waals surface area contributed by atoms with Gasteiger partial charge in [-0.05, 0) is 19.4 Å². The summed E-state index contributed by atoms with van der Waals surface area (Å²) in [4.78, 5) is 7.90. The van der Waals surface area contributed by atoms with Gasteiger partial charge in [-0.25, -0.2) is 9.98 Å². The van der Waals surface area contributed by atoms with Crippen molar-refractivity contribution in [3.05, 3.63) is 52.0 Å². The first kappa shape index (κ1) is 18.3. The van der Waals surface area contributed by atoms with Gasteiger partial charge in [0.05, 0.1) is 12.6 Å². The molecular formula is C16H19F3N4S. The molecule has 0 aliphatic carbocycles. The maximum Gasteiger partial charge on any atom is 0.434 e. The second-order valence-corrected chi connectivity index (χ2v) is 6.04. The highest BCUT2D eigenvalue weighted by atomic mass is 32.1. The lowest BCUT2D eigenvalue weighted by molar-refractivity contribution is -0.140. The van der Waals surface area contributed by atoms with E-state index in [-0.39, 0.29) is 12.6 Å². The zero-order chi connectivity index (χ0) is 17.6. The van der Waals surface area contributed by atoms with Gasteiger partial charge in [0.25, 0.3) is 0 Å². The summed E-state index contributed by atoms with van der Waals surface area (Å²) >= 11 is 0.958. The summed E-state index contributed by atoms with van der Waals surface area (Å²) in [6.07, 6.45) is -4.41. The molecule has 0 aliphatic heterocycles. The van der Waals surface area contributed by atoms with Crippen LogP contribution in [-0.2, 0) is 12.7 Å². The normalized spacial score (nSPS) is 13.6. The molecule has 0 fully saturated rings. The Bertz CT molecular complexity index is 667. The van der Waals surface area contributed by atoms with Crippen molar-refractivity contribution in [2.75, 3.05) is 6.54 Å². The molecule has 1 atom stereocenters. The molecule has 0 saturated carbocycles. The highest BCUT2D eigenvalue weighted by molar-refractivity contribution is 7.09. The largest absolute Gasteiger partial charge is 0.434 e. The van der Waals surface area contributed by atoms with Crippen molar-refractivity contribution >= 4 is 17.3 Å². The van der Waals surface area contributed by atoms with E-state index in [9.17, 15) is 13.2 Å². The van der Waals surface area contributed by atoms with Crippen LogP contribution in [0.15, 0.2) is 40.7 Å². The summed E-state index contributed by atoms with van der Waals surface area (Å²) in [5.74, 6) is 0.539. The molecule has 2 rings (SSSR count). The molecule has 0 radical (unpaired) electrons. The summed E-state index contributed by atoms with van der Waals surface area (Å²) in [6, 6.07) is 9.86. The number of nitrogens with zero attached hydrogens (tertiary/aromatic N) is 2. The fourth-order valence-electron chi connectivity index (χ4n) is 2.01. The van der Waals surface area contributed by atoms with Gasteiger partial charge in [0, 0.05) is 11.9 Å². The minimum absolute atomic E-state index is 0.0195. The monoisotopic (exact) mass is 356 g/mol. The maximum atomic E-state index is 12.6. The van der Waals surface area contributed by atoms with Crippen molar-refractivity contribution in [1.29, 1.82) is 0 Å². The topological polar surface area (TPSA) is 49.3 Å². The summed E-state index contributed by atoms with van der Waals surface area (Å²) < 4.78 is 37.7. The average molecular weight is 356 g/mol. The third-order valence-electron chi connectivity index (χ3n) is 3.21. The van der Waals surface area contributed by atoms with E-state index in [4.69, 9.17) is 0 Å². The molecule has 2 aromatic rings. The average Bonchev–Trinajstić information content (AvgIpc) is 3.03. The van der Waals surface area contributed by atoms with E-state index in [1.165, 1.54) is 0 Å². The summed E-state index contributed by atoms with van der Waals surface area (Å²) in [6.45, 7) is 4.67. The Morgan fingerprint density at radius 2 is 2.00 bits per heavy atom. The Kier molecular flexibility index (Phi) is 6.19. The molecule has 24 heavy (non-hydrogen) atoms. The number of nitrogens with one attached hydrogen (secondary N) is 2. The number of aromatic nitrogens is 1. The van der Waals surface area contributed by atoms with Gasteiger partial charge in [0.2, 0.25) is 0 Å². The highest BCUT2D eigenvalue weighted by Gasteiger charge is 2.33. The molecule has 1 aromatic heterocycles. The molecule has 0 aliphatic rings. The lowest BCUT2D eigenvalue weighted by Gasteiger charge is -2.18. The molecule has 1 heterocycles.